The van der Waals surface area contributed by atoms with Crippen molar-refractivity contribution in [3.05, 3.63) is 17.5 Å². The van der Waals surface area contributed by atoms with Crippen LogP contribution in [0.3, 0.4) is 0 Å². The fraction of sp³-hybridized carbons (Fsp3) is 0.786. The van der Waals surface area contributed by atoms with E-state index in [0.717, 1.165) is 25.3 Å². The van der Waals surface area contributed by atoms with Crippen LogP contribution < -0.4 is 5.32 Å². The van der Waals surface area contributed by atoms with E-state index in [1.165, 1.54) is 31.4 Å². The van der Waals surface area contributed by atoms with E-state index in [-0.39, 0.29) is 0 Å². The van der Waals surface area contributed by atoms with Crippen molar-refractivity contribution in [3.63, 3.8) is 0 Å². The number of nitrogens with zero attached hydrogens (tertiary/aromatic N) is 2. The van der Waals surface area contributed by atoms with Gasteiger partial charge in [0.05, 0.1) is 5.69 Å². The van der Waals surface area contributed by atoms with Gasteiger partial charge in [0.2, 0.25) is 0 Å². The van der Waals surface area contributed by atoms with Gasteiger partial charge in [0.1, 0.15) is 0 Å². The molecule has 0 unspecified atom stereocenters. The number of hydrogen-bond donors (Lipinski definition) is 1. The lowest BCUT2D eigenvalue weighted by atomic mass is 9.66. The molecule has 1 aromatic heterocycles. The van der Waals surface area contributed by atoms with Gasteiger partial charge in [-0.25, -0.2) is 0 Å². The normalized spacial score (nSPS) is 18.1. The third-order valence-electron chi connectivity index (χ3n) is 4.01. The minimum absolute atomic E-state index is 0.509. The van der Waals surface area contributed by atoms with Gasteiger partial charge in [-0.1, -0.05) is 13.3 Å². The average Bonchev–Trinajstić information content (AvgIpc) is 2.62. The van der Waals surface area contributed by atoms with Gasteiger partial charge in [0.25, 0.3) is 0 Å². The number of nitrogens with one attached hydrogen (secondary N) is 1. The summed E-state index contributed by atoms with van der Waals surface area (Å²) in [6.45, 7) is 9.68. The number of aromatic nitrogens is 2. The highest BCUT2D eigenvalue weighted by molar-refractivity contribution is 5.13. The summed E-state index contributed by atoms with van der Waals surface area (Å²) < 4.78 is 2.17. The Hall–Kier alpha value is -0.830. The monoisotopic (exact) mass is 235 g/mol. The van der Waals surface area contributed by atoms with Crippen LogP contribution in [0.15, 0.2) is 6.07 Å². The Labute approximate surface area is 105 Å². The smallest absolute Gasteiger partial charge is 0.0596 e. The molecule has 0 amide bonds. The maximum absolute atomic E-state index is 4.55. The van der Waals surface area contributed by atoms with Gasteiger partial charge in [-0.3, -0.25) is 4.68 Å². The zero-order valence-electron chi connectivity index (χ0n) is 11.4. The highest BCUT2D eigenvalue weighted by Gasteiger charge is 2.37. The van der Waals surface area contributed by atoms with E-state index in [2.05, 4.69) is 41.9 Å². The molecule has 96 valence electrons. The highest BCUT2D eigenvalue weighted by Crippen LogP contribution is 2.43. The molecule has 3 heteroatoms. The Bertz CT molecular complexity index is 364. The van der Waals surface area contributed by atoms with Crippen molar-refractivity contribution in [2.45, 2.75) is 53.0 Å². The SMILES string of the molecule is CCNCC1(Cc2cc(C)nn2CC)CCC1. The number of rotatable bonds is 6. The first kappa shape index (κ1) is 12.6. The fourth-order valence-corrected chi connectivity index (χ4v) is 2.88. The molecule has 1 aliphatic carbocycles. The molecule has 1 saturated carbocycles. The van der Waals surface area contributed by atoms with Crippen LogP contribution in [-0.4, -0.2) is 22.9 Å². The molecular weight excluding hydrogens is 210 g/mol. The summed E-state index contributed by atoms with van der Waals surface area (Å²) in [5, 5.41) is 8.07. The van der Waals surface area contributed by atoms with Crippen molar-refractivity contribution >= 4 is 0 Å². The molecule has 0 aliphatic heterocycles. The maximum Gasteiger partial charge on any atom is 0.0596 e. The van der Waals surface area contributed by atoms with Crippen LogP contribution in [0, 0.1) is 12.3 Å². The summed E-state index contributed by atoms with van der Waals surface area (Å²) >= 11 is 0. The van der Waals surface area contributed by atoms with E-state index in [1.54, 1.807) is 0 Å². The standard InChI is InChI=1S/C14H25N3/c1-4-15-11-14(7-6-8-14)10-13-9-12(3)16-17(13)5-2/h9,15H,4-8,10-11H2,1-3H3. The zero-order valence-corrected chi connectivity index (χ0v) is 11.4. The Balaban J connectivity index is 2.07. The molecule has 0 radical (unpaired) electrons. The summed E-state index contributed by atoms with van der Waals surface area (Å²) in [5.74, 6) is 0. The fourth-order valence-electron chi connectivity index (χ4n) is 2.88. The Kier molecular flexibility index (Phi) is 3.87. The summed E-state index contributed by atoms with van der Waals surface area (Å²) in [7, 11) is 0. The number of aryl methyl sites for hydroxylation is 2. The van der Waals surface area contributed by atoms with E-state index in [4.69, 9.17) is 0 Å². The molecule has 0 aromatic carbocycles. The molecule has 17 heavy (non-hydrogen) atoms. The van der Waals surface area contributed by atoms with Crippen molar-refractivity contribution in [2.75, 3.05) is 13.1 Å². The van der Waals surface area contributed by atoms with Crippen molar-refractivity contribution in [3.8, 4) is 0 Å². The number of hydrogen-bond acceptors (Lipinski definition) is 2. The van der Waals surface area contributed by atoms with Crippen LogP contribution in [0.25, 0.3) is 0 Å². The van der Waals surface area contributed by atoms with E-state index in [0.29, 0.717) is 5.41 Å². The molecule has 1 heterocycles. The van der Waals surface area contributed by atoms with Crippen LogP contribution in [0.2, 0.25) is 0 Å². The minimum atomic E-state index is 0.509. The first-order valence-corrected chi connectivity index (χ1v) is 6.93. The first-order valence-electron chi connectivity index (χ1n) is 6.93. The van der Waals surface area contributed by atoms with Gasteiger partial charge in [0, 0.05) is 18.8 Å². The van der Waals surface area contributed by atoms with Gasteiger partial charge in [-0.2, -0.15) is 5.10 Å². The van der Waals surface area contributed by atoms with E-state index < -0.39 is 0 Å². The minimum Gasteiger partial charge on any atom is -0.316 e. The van der Waals surface area contributed by atoms with Gasteiger partial charge in [-0.15, -0.1) is 0 Å². The van der Waals surface area contributed by atoms with Gasteiger partial charge >= 0.3 is 0 Å². The van der Waals surface area contributed by atoms with Crippen LogP contribution >= 0.6 is 0 Å². The second-order valence-electron chi connectivity index (χ2n) is 5.40. The molecule has 1 aromatic rings. The predicted molar refractivity (Wildman–Crippen MR) is 71.2 cm³/mol. The quantitative estimate of drug-likeness (QED) is 0.821. The topological polar surface area (TPSA) is 29.9 Å². The Morgan fingerprint density at radius 1 is 1.41 bits per heavy atom. The second kappa shape index (κ2) is 5.21. The maximum atomic E-state index is 4.55. The molecule has 1 fully saturated rings. The average molecular weight is 235 g/mol. The molecule has 0 bridgehead atoms. The van der Waals surface area contributed by atoms with Crippen LogP contribution in [0.5, 0.6) is 0 Å². The zero-order chi connectivity index (χ0) is 12.3. The summed E-state index contributed by atoms with van der Waals surface area (Å²) in [5.41, 5.74) is 3.08. The molecule has 3 nitrogen and oxygen atoms in total. The van der Waals surface area contributed by atoms with Crippen molar-refractivity contribution in [2.24, 2.45) is 5.41 Å². The lowest BCUT2D eigenvalue weighted by Crippen LogP contribution is -2.42. The molecule has 2 rings (SSSR count). The van der Waals surface area contributed by atoms with E-state index >= 15 is 0 Å². The predicted octanol–water partition coefficient (Wildman–Crippen LogP) is 2.53. The van der Waals surface area contributed by atoms with Crippen molar-refractivity contribution in [1.29, 1.82) is 0 Å². The van der Waals surface area contributed by atoms with Crippen LogP contribution in [-0.2, 0) is 13.0 Å². The summed E-state index contributed by atoms with van der Waals surface area (Å²) in [4.78, 5) is 0. The molecule has 1 aliphatic rings. The lowest BCUT2D eigenvalue weighted by Gasteiger charge is -2.42. The molecule has 0 saturated heterocycles. The largest absolute Gasteiger partial charge is 0.316 e. The third kappa shape index (κ3) is 2.71. The van der Waals surface area contributed by atoms with Gasteiger partial charge < -0.3 is 5.32 Å². The highest BCUT2D eigenvalue weighted by atomic mass is 15.3. The van der Waals surface area contributed by atoms with Gasteiger partial charge in [0.15, 0.2) is 0 Å². The molecule has 0 spiro atoms. The lowest BCUT2D eigenvalue weighted by molar-refractivity contribution is 0.128. The van der Waals surface area contributed by atoms with Gasteiger partial charge in [-0.05, 0) is 51.1 Å². The first-order chi connectivity index (χ1) is 8.19. The second-order valence-corrected chi connectivity index (χ2v) is 5.40. The summed E-state index contributed by atoms with van der Waals surface area (Å²) in [6, 6.07) is 2.26. The van der Waals surface area contributed by atoms with Crippen LogP contribution in [0.1, 0.15) is 44.5 Å². The van der Waals surface area contributed by atoms with E-state index in [9.17, 15) is 0 Å². The Morgan fingerprint density at radius 3 is 2.71 bits per heavy atom. The third-order valence-corrected chi connectivity index (χ3v) is 4.01. The van der Waals surface area contributed by atoms with E-state index in [1.807, 2.05) is 0 Å². The van der Waals surface area contributed by atoms with Crippen molar-refractivity contribution < 1.29 is 0 Å². The molecule has 1 N–H and O–H groups in total. The summed E-state index contributed by atoms with van der Waals surface area (Å²) in [6.07, 6.45) is 5.32. The van der Waals surface area contributed by atoms with Crippen LogP contribution in [0.4, 0.5) is 0 Å². The Morgan fingerprint density at radius 2 is 2.18 bits per heavy atom. The molecule has 0 atom stereocenters. The molecular formula is C14H25N3. The van der Waals surface area contributed by atoms with Crippen molar-refractivity contribution in [1.82, 2.24) is 15.1 Å².